The zero-order chi connectivity index (χ0) is 16.2. The summed E-state index contributed by atoms with van der Waals surface area (Å²) < 4.78 is 5.01. The highest BCUT2D eigenvalue weighted by Gasteiger charge is 2.23. The number of imidazole rings is 1. The maximum atomic E-state index is 12.5. The molecule has 2 N–H and O–H groups in total. The standard InChI is InChI=1S/C16H18N4O3/c1-2-23-15(21)11-5-3-4-6-12(11)19-16(22)20-8-7-13-14(9-20)18-10-17-13/h3-6,10H,2,7-9H2,1H3,(H,17,18)(H,19,22). The number of anilines is 1. The van der Waals surface area contributed by atoms with Gasteiger partial charge in [-0.15, -0.1) is 0 Å². The fraction of sp³-hybridized carbons (Fsp3) is 0.312. The van der Waals surface area contributed by atoms with Crippen molar-refractivity contribution in [1.82, 2.24) is 14.9 Å². The molecular weight excluding hydrogens is 296 g/mol. The summed E-state index contributed by atoms with van der Waals surface area (Å²) in [7, 11) is 0. The van der Waals surface area contributed by atoms with Crippen molar-refractivity contribution in [2.45, 2.75) is 19.9 Å². The first-order chi connectivity index (χ1) is 11.2. The summed E-state index contributed by atoms with van der Waals surface area (Å²) in [4.78, 5) is 33.4. The number of esters is 1. The van der Waals surface area contributed by atoms with Gasteiger partial charge in [0, 0.05) is 13.0 Å². The average Bonchev–Trinajstić information content (AvgIpc) is 3.03. The molecule has 2 aromatic rings. The molecule has 0 bridgehead atoms. The quantitative estimate of drug-likeness (QED) is 0.850. The smallest absolute Gasteiger partial charge is 0.340 e. The number of rotatable bonds is 3. The predicted molar refractivity (Wildman–Crippen MR) is 84.1 cm³/mol. The number of benzene rings is 1. The highest BCUT2D eigenvalue weighted by Crippen LogP contribution is 2.19. The molecule has 23 heavy (non-hydrogen) atoms. The number of aromatic nitrogens is 2. The predicted octanol–water partition coefficient (Wildman–Crippen LogP) is 2.18. The summed E-state index contributed by atoms with van der Waals surface area (Å²) in [6.45, 7) is 3.10. The summed E-state index contributed by atoms with van der Waals surface area (Å²) >= 11 is 0. The first-order valence-electron chi connectivity index (χ1n) is 7.52. The fourth-order valence-electron chi connectivity index (χ4n) is 2.56. The molecule has 7 heteroatoms. The Hall–Kier alpha value is -2.83. The third-order valence-corrected chi connectivity index (χ3v) is 3.73. The zero-order valence-electron chi connectivity index (χ0n) is 12.8. The number of hydrogen-bond acceptors (Lipinski definition) is 4. The SMILES string of the molecule is CCOC(=O)c1ccccc1NC(=O)N1CCc2nc[nH]c2C1. The number of H-pyrrole nitrogens is 1. The van der Waals surface area contributed by atoms with Crippen LogP contribution in [-0.4, -0.2) is 40.0 Å². The van der Waals surface area contributed by atoms with Crippen LogP contribution in [-0.2, 0) is 17.7 Å². The number of aromatic amines is 1. The number of urea groups is 1. The minimum absolute atomic E-state index is 0.248. The highest BCUT2D eigenvalue weighted by molar-refractivity contribution is 6.00. The number of carbonyl (C=O) groups is 2. The number of amides is 2. The van der Waals surface area contributed by atoms with Crippen molar-refractivity contribution >= 4 is 17.7 Å². The van der Waals surface area contributed by atoms with E-state index in [4.69, 9.17) is 4.74 Å². The van der Waals surface area contributed by atoms with E-state index in [1.54, 1.807) is 42.4 Å². The molecule has 7 nitrogen and oxygen atoms in total. The topological polar surface area (TPSA) is 87.3 Å². The lowest BCUT2D eigenvalue weighted by molar-refractivity contribution is 0.0527. The Bertz CT molecular complexity index is 726. The molecule has 2 heterocycles. The van der Waals surface area contributed by atoms with E-state index in [1.165, 1.54) is 0 Å². The molecule has 0 saturated carbocycles. The molecule has 0 fully saturated rings. The third-order valence-electron chi connectivity index (χ3n) is 3.73. The van der Waals surface area contributed by atoms with Gasteiger partial charge in [-0.3, -0.25) is 0 Å². The second kappa shape index (κ2) is 6.51. The van der Waals surface area contributed by atoms with Crippen molar-refractivity contribution in [3.8, 4) is 0 Å². The van der Waals surface area contributed by atoms with Crippen molar-refractivity contribution in [1.29, 1.82) is 0 Å². The highest BCUT2D eigenvalue weighted by atomic mass is 16.5. The largest absolute Gasteiger partial charge is 0.462 e. The van der Waals surface area contributed by atoms with Gasteiger partial charge in [-0.25, -0.2) is 14.6 Å². The number of fused-ring (bicyclic) bond motifs is 1. The Morgan fingerprint density at radius 1 is 1.39 bits per heavy atom. The van der Waals surface area contributed by atoms with Gasteiger partial charge in [0.15, 0.2) is 0 Å². The first kappa shape index (κ1) is 15.1. The molecule has 1 aliphatic rings. The molecule has 0 radical (unpaired) electrons. The number of hydrogen-bond donors (Lipinski definition) is 2. The zero-order valence-corrected chi connectivity index (χ0v) is 12.8. The molecule has 1 aromatic heterocycles. The lowest BCUT2D eigenvalue weighted by Gasteiger charge is -2.26. The Morgan fingerprint density at radius 3 is 3.04 bits per heavy atom. The number of carbonyl (C=O) groups excluding carboxylic acids is 2. The van der Waals surface area contributed by atoms with Crippen LogP contribution in [0.15, 0.2) is 30.6 Å². The second-order valence-corrected chi connectivity index (χ2v) is 5.20. The molecular formula is C16H18N4O3. The molecule has 3 rings (SSSR count). The maximum Gasteiger partial charge on any atom is 0.340 e. The van der Waals surface area contributed by atoms with Gasteiger partial charge in [-0.2, -0.15) is 0 Å². The van der Waals surface area contributed by atoms with Gasteiger partial charge in [0.1, 0.15) is 0 Å². The molecule has 0 aliphatic carbocycles. The van der Waals surface area contributed by atoms with E-state index >= 15 is 0 Å². The van der Waals surface area contributed by atoms with E-state index in [9.17, 15) is 9.59 Å². The molecule has 2 amide bonds. The number of nitrogens with one attached hydrogen (secondary N) is 2. The van der Waals surface area contributed by atoms with E-state index in [0.717, 1.165) is 11.4 Å². The van der Waals surface area contributed by atoms with E-state index in [1.807, 2.05) is 0 Å². The van der Waals surface area contributed by atoms with Crippen molar-refractivity contribution in [3.63, 3.8) is 0 Å². The van der Waals surface area contributed by atoms with Crippen LogP contribution >= 0.6 is 0 Å². The van der Waals surface area contributed by atoms with Gasteiger partial charge in [0.2, 0.25) is 0 Å². The van der Waals surface area contributed by atoms with Gasteiger partial charge < -0.3 is 19.9 Å². The van der Waals surface area contributed by atoms with Crippen LogP contribution in [0.25, 0.3) is 0 Å². The summed E-state index contributed by atoms with van der Waals surface area (Å²) in [5, 5.41) is 2.79. The van der Waals surface area contributed by atoms with E-state index in [0.29, 0.717) is 30.8 Å². The minimum atomic E-state index is -0.446. The molecule has 0 unspecified atom stereocenters. The normalized spacial score (nSPS) is 13.3. The van der Waals surface area contributed by atoms with Crippen LogP contribution in [0.3, 0.4) is 0 Å². The van der Waals surface area contributed by atoms with Gasteiger partial charge in [0.05, 0.1) is 42.1 Å². The summed E-state index contributed by atoms with van der Waals surface area (Å²) in [6.07, 6.45) is 2.36. The lowest BCUT2D eigenvalue weighted by Crippen LogP contribution is -2.39. The average molecular weight is 314 g/mol. The van der Waals surface area contributed by atoms with E-state index < -0.39 is 5.97 Å². The Labute approximate surface area is 133 Å². The molecule has 120 valence electrons. The van der Waals surface area contributed by atoms with Crippen molar-refractivity contribution in [2.24, 2.45) is 0 Å². The van der Waals surface area contributed by atoms with Crippen molar-refractivity contribution < 1.29 is 14.3 Å². The van der Waals surface area contributed by atoms with Crippen LogP contribution in [0.4, 0.5) is 10.5 Å². The van der Waals surface area contributed by atoms with E-state index in [-0.39, 0.29) is 12.6 Å². The monoisotopic (exact) mass is 314 g/mol. The van der Waals surface area contributed by atoms with Gasteiger partial charge in [0.25, 0.3) is 0 Å². The van der Waals surface area contributed by atoms with Crippen LogP contribution < -0.4 is 5.32 Å². The van der Waals surface area contributed by atoms with Crippen molar-refractivity contribution in [3.05, 3.63) is 47.5 Å². The number of nitrogens with zero attached hydrogens (tertiary/aromatic N) is 2. The molecule has 0 atom stereocenters. The third kappa shape index (κ3) is 3.18. The number of ether oxygens (including phenoxy) is 1. The summed E-state index contributed by atoms with van der Waals surface area (Å²) in [6, 6.07) is 6.58. The molecule has 1 aliphatic heterocycles. The maximum absolute atomic E-state index is 12.5. The van der Waals surface area contributed by atoms with Crippen LogP contribution in [0.1, 0.15) is 28.7 Å². The van der Waals surface area contributed by atoms with Crippen LogP contribution in [0.5, 0.6) is 0 Å². The lowest BCUT2D eigenvalue weighted by atomic mass is 10.1. The minimum Gasteiger partial charge on any atom is -0.462 e. The van der Waals surface area contributed by atoms with Gasteiger partial charge >= 0.3 is 12.0 Å². The van der Waals surface area contributed by atoms with Gasteiger partial charge in [-0.1, -0.05) is 12.1 Å². The molecule has 0 spiro atoms. The molecule has 1 aromatic carbocycles. The van der Waals surface area contributed by atoms with Gasteiger partial charge in [-0.05, 0) is 19.1 Å². The Morgan fingerprint density at radius 2 is 2.22 bits per heavy atom. The molecule has 0 saturated heterocycles. The first-order valence-corrected chi connectivity index (χ1v) is 7.52. The Kier molecular flexibility index (Phi) is 4.27. The van der Waals surface area contributed by atoms with Crippen molar-refractivity contribution in [2.75, 3.05) is 18.5 Å². The van der Waals surface area contributed by atoms with Crippen LogP contribution in [0.2, 0.25) is 0 Å². The fourth-order valence-corrected chi connectivity index (χ4v) is 2.56. The van der Waals surface area contributed by atoms with E-state index in [2.05, 4.69) is 15.3 Å². The number of para-hydroxylation sites is 1. The second-order valence-electron chi connectivity index (χ2n) is 5.20. The summed E-state index contributed by atoms with van der Waals surface area (Å²) in [5.41, 5.74) is 2.75. The Balaban J connectivity index is 1.73. The summed E-state index contributed by atoms with van der Waals surface area (Å²) in [5.74, 6) is -0.446. The van der Waals surface area contributed by atoms with Crippen LogP contribution in [0, 0.1) is 0 Å².